The molecule has 0 aliphatic carbocycles. The number of nitrogens with one attached hydrogen (secondary N) is 1. The number of aromatic nitrogens is 3. The van der Waals surface area contributed by atoms with Crippen molar-refractivity contribution in [2.45, 2.75) is 32.2 Å². The van der Waals surface area contributed by atoms with Crippen LogP contribution < -0.4 is 10.5 Å². The lowest BCUT2D eigenvalue weighted by molar-refractivity contribution is 0.477. The van der Waals surface area contributed by atoms with Crippen LogP contribution in [0.2, 0.25) is 5.02 Å². The Balaban J connectivity index is 1.86. The first-order valence-corrected chi connectivity index (χ1v) is 8.93. The molecule has 1 saturated heterocycles. The highest BCUT2D eigenvalue weighted by molar-refractivity contribution is 6.30. The van der Waals surface area contributed by atoms with Crippen molar-refractivity contribution in [3.8, 4) is 11.1 Å². The number of fused-ring (bicyclic) bond motifs is 1. The molecule has 1 fully saturated rings. The third-order valence-electron chi connectivity index (χ3n) is 4.83. The average molecular weight is 355 g/mol. The smallest absolute Gasteiger partial charge is 0.262 e. The Morgan fingerprint density at radius 1 is 1.20 bits per heavy atom. The van der Waals surface area contributed by atoms with Crippen LogP contribution in [0, 0.1) is 0 Å². The van der Waals surface area contributed by atoms with Crippen molar-refractivity contribution in [2.75, 3.05) is 11.4 Å². The van der Waals surface area contributed by atoms with E-state index < -0.39 is 0 Å². The van der Waals surface area contributed by atoms with Gasteiger partial charge in [0.15, 0.2) is 5.65 Å². The number of piperidine rings is 1. The third kappa shape index (κ3) is 3.00. The lowest BCUT2D eigenvalue weighted by atomic mass is 10.0. The lowest BCUT2D eigenvalue weighted by Crippen LogP contribution is -2.39. The fraction of sp³-hybridized carbons (Fsp3) is 0.316. The van der Waals surface area contributed by atoms with E-state index in [4.69, 9.17) is 11.6 Å². The standard InChI is InChI=1S/C19H19ClN4O/c1-12-4-2-3-11-24(12)19-22-17-16(18(25)23-19)15(9-10-21-17)13-5-7-14(20)8-6-13/h5-10,12H,2-4,11H2,1H3,(H,21,22,23,25). The number of nitrogens with zero attached hydrogens (tertiary/aromatic N) is 3. The molecular weight excluding hydrogens is 336 g/mol. The van der Waals surface area contributed by atoms with Gasteiger partial charge in [-0.05, 0) is 55.5 Å². The number of hydrogen-bond donors (Lipinski definition) is 1. The molecule has 5 nitrogen and oxygen atoms in total. The first kappa shape index (κ1) is 16.1. The van der Waals surface area contributed by atoms with Crippen LogP contribution in [0.25, 0.3) is 22.2 Å². The van der Waals surface area contributed by atoms with E-state index in [2.05, 4.69) is 26.8 Å². The summed E-state index contributed by atoms with van der Waals surface area (Å²) in [5.74, 6) is 0.616. The van der Waals surface area contributed by atoms with Crippen LogP contribution in [0.15, 0.2) is 41.3 Å². The van der Waals surface area contributed by atoms with Gasteiger partial charge >= 0.3 is 0 Å². The van der Waals surface area contributed by atoms with Gasteiger partial charge in [-0.3, -0.25) is 9.78 Å². The normalized spacial score (nSPS) is 17.8. The molecular formula is C19H19ClN4O. The molecule has 2 aromatic heterocycles. The van der Waals surface area contributed by atoms with Gasteiger partial charge in [-0.2, -0.15) is 4.98 Å². The van der Waals surface area contributed by atoms with E-state index in [0.717, 1.165) is 30.5 Å². The second-order valence-corrected chi connectivity index (χ2v) is 6.93. The molecule has 1 aliphatic heterocycles. The third-order valence-corrected chi connectivity index (χ3v) is 5.08. The number of rotatable bonds is 2. The van der Waals surface area contributed by atoms with E-state index in [1.54, 1.807) is 6.20 Å². The molecule has 1 atom stereocenters. The number of anilines is 1. The summed E-state index contributed by atoms with van der Waals surface area (Å²) in [6, 6.07) is 9.64. The van der Waals surface area contributed by atoms with Crippen LogP contribution in [0.3, 0.4) is 0 Å². The second kappa shape index (κ2) is 6.48. The summed E-state index contributed by atoms with van der Waals surface area (Å²) in [4.78, 5) is 26.9. The van der Waals surface area contributed by atoms with Crippen molar-refractivity contribution < 1.29 is 0 Å². The topological polar surface area (TPSA) is 61.9 Å². The van der Waals surface area contributed by atoms with Crippen molar-refractivity contribution >= 4 is 28.6 Å². The van der Waals surface area contributed by atoms with Gasteiger partial charge in [0.2, 0.25) is 5.95 Å². The molecule has 0 bridgehead atoms. The predicted molar refractivity (Wildman–Crippen MR) is 101 cm³/mol. The Bertz CT molecular complexity index is 967. The Hall–Kier alpha value is -2.40. The fourth-order valence-corrected chi connectivity index (χ4v) is 3.60. The van der Waals surface area contributed by atoms with Crippen molar-refractivity contribution in [3.05, 3.63) is 51.9 Å². The van der Waals surface area contributed by atoms with Crippen molar-refractivity contribution in [1.82, 2.24) is 15.0 Å². The molecule has 1 N–H and O–H groups in total. The number of hydrogen-bond acceptors (Lipinski definition) is 4. The van der Waals surface area contributed by atoms with Crippen molar-refractivity contribution in [1.29, 1.82) is 0 Å². The van der Waals surface area contributed by atoms with E-state index in [9.17, 15) is 4.79 Å². The van der Waals surface area contributed by atoms with Gasteiger partial charge in [0.1, 0.15) is 0 Å². The maximum atomic E-state index is 12.8. The van der Waals surface area contributed by atoms with Crippen LogP contribution >= 0.6 is 11.6 Å². The quantitative estimate of drug-likeness (QED) is 0.755. The van der Waals surface area contributed by atoms with E-state index in [0.29, 0.717) is 28.0 Å². The molecule has 1 unspecified atom stereocenters. The number of benzene rings is 1. The summed E-state index contributed by atoms with van der Waals surface area (Å²) < 4.78 is 0. The number of aromatic amines is 1. The van der Waals surface area contributed by atoms with Gasteiger partial charge in [0, 0.05) is 23.8 Å². The van der Waals surface area contributed by atoms with Gasteiger partial charge < -0.3 is 4.90 Å². The Morgan fingerprint density at radius 2 is 2.00 bits per heavy atom. The van der Waals surface area contributed by atoms with Gasteiger partial charge in [0.25, 0.3) is 5.56 Å². The highest BCUT2D eigenvalue weighted by Crippen LogP contribution is 2.27. The zero-order chi connectivity index (χ0) is 17.4. The Labute approximate surface area is 150 Å². The summed E-state index contributed by atoms with van der Waals surface area (Å²) in [6.07, 6.45) is 5.14. The highest BCUT2D eigenvalue weighted by Gasteiger charge is 2.22. The Morgan fingerprint density at radius 3 is 2.76 bits per heavy atom. The molecule has 1 aromatic carbocycles. The predicted octanol–water partition coefficient (Wildman–Crippen LogP) is 4.02. The molecule has 3 aromatic rings. The Kier molecular flexibility index (Phi) is 4.17. The minimum absolute atomic E-state index is 0.157. The van der Waals surface area contributed by atoms with Crippen molar-refractivity contribution in [2.24, 2.45) is 0 Å². The van der Waals surface area contributed by atoms with Crippen LogP contribution in [0.5, 0.6) is 0 Å². The molecule has 3 heterocycles. The summed E-state index contributed by atoms with van der Waals surface area (Å²) in [7, 11) is 0. The molecule has 25 heavy (non-hydrogen) atoms. The van der Waals surface area contributed by atoms with Gasteiger partial charge in [-0.1, -0.05) is 23.7 Å². The summed E-state index contributed by atoms with van der Waals surface area (Å²) >= 11 is 5.97. The molecule has 4 rings (SSSR count). The SMILES string of the molecule is CC1CCCCN1c1nc2nccc(-c3ccc(Cl)cc3)c2c(=O)[nH]1. The minimum atomic E-state index is -0.157. The van der Waals surface area contributed by atoms with Crippen LogP contribution in [0.1, 0.15) is 26.2 Å². The van der Waals surface area contributed by atoms with Crippen molar-refractivity contribution in [3.63, 3.8) is 0 Å². The molecule has 0 amide bonds. The molecule has 0 spiro atoms. The minimum Gasteiger partial charge on any atom is -0.340 e. The van der Waals surface area contributed by atoms with E-state index in [-0.39, 0.29) is 5.56 Å². The van der Waals surface area contributed by atoms with E-state index in [1.165, 1.54) is 6.42 Å². The van der Waals surface area contributed by atoms with Crippen LogP contribution in [-0.4, -0.2) is 27.5 Å². The van der Waals surface area contributed by atoms with Crippen LogP contribution in [-0.2, 0) is 0 Å². The van der Waals surface area contributed by atoms with Crippen LogP contribution in [0.4, 0.5) is 5.95 Å². The monoisotopic (exact) mass is 354 g/mol. The zero-order valence-corrected chi connectivity index (χ0v) is 14.8. The number of pyridine rings is 1. The zero-order valence-electron chi connectivity index (χ0n) is 14.0. The summed E-state index contributed by atoms with van der Waals surface area (Å²) in [5.41, 5.74) is 2.05. The summed E-state index contributed by atoms with van der Waals surface area (Å²) in [6.45, 7) is 3.08. The van der Waals surface area contributed by atoms with E-state index >= 15 is 0 Å². The molecule has 128 valence electrons. The van der Waals surface area contributed by atoms with E-state index in [1.807, 2.05) is 30.3 Å². The average Bonchev–Trinajstić information content (AvgIpc) is 2.62. The highest BCUT2D eigenvalue weighted by atomic mass is 35.5. The molecule has 6 heteroatoms. The first-order chi connectivity index (χ1) is 12.1. The largest absolute Gasteiger partial charge is 0.340 e. The maximum Gasteiger partial charge on any atom is 0.262 e. The maximum absolute atomic E-state index is 12.8. The van der Waals surface area contributed by atoms with Gasteiger partial charge in [-0.25, -0.2) is 4.98 Å². The van der Waals surface area contributed by atoms with Gasteiger partial charge in [-0.15, -0.1) is 0 Å². The fourth-order valence-electron chi connectivity index (χ4n) is 3.47. The number of halogens is 1. The number of H-pyrrole nitrogens is 1. The second-order valence-electron chi connectivity index (χ2n) is 6.49. The molecule has 0 radical (unpaired) electrons. The molecule has 1 aliphatic rings. The lowest BCUT2D eigenvalue weighted by Gasteiger charge is -2.33. The van der Waals surface area contributed by atoms with Gasteiger partial charge in [0.05, 0.1) is 5.39 Å². The first-order valence-electron chi connectivity index (χ1n) is 8.55. The molecule has 0 saturated carbocycles. The summed E-state index contributed by atoms with van der Waals surface area (Å²) in [5, 5.41) is 1.17.